The summed E-state index contributed by atoms with van der Waals surface area (Å²) in [4.78, 5) is 47.4. The summed E-state index contributed by atoms with van der Waals surface area (Å²) in [5, 5.41) is 0. The summed E-state index contributed by atoms with van der Waals surface area (Å²) >= 11 is 0. The second-order valence-corrected chi connectivity index (χ2v) is 13.5. The molecule has 1 aromatic rings. The van der Waals surface area contributed by atoms with Crippen molar-refractivity contribution in [2.45, 2.75) is 174 Å². The fraction of sp³-hybridized carbons (Fsp3) is 0.750. The minimum absolute atomic E-state index is 0.244. The Morgan fingerprint density at radius 1 is 0.569 bits per heavy atom. The van der Waals surface area contributed by atoms with Gasteiger partial charge in [0.1, 0.15) is 18.5 Å². The van der Waals surface area contributed by atoms with E-state index >= 15 is 0 Å². The third-order valence-corrected chi connectivity index (χ3v) is 8.78. The third-order valence-electron chi connectivity index (χ3n) is 8.78. The van der Waals surface area contributed by atoms with E-state index in [0.29, 0.717) is 6.42 Å². The fourth-order valence-corrected chi connectivity index (χ4v) is 6.19. The number of esters is 4. The maximum absolute atomic E-state index is 12.0. The van der Waals surface area contributed by atoms with E-state index in [1.807, 2.05) is 12.1 Å². The van der Waals surface area contributed by atoms with Crippen molar-refractivity contribution in [2.75, 3.05) is 19.8 Å². The molecule has 290 valence electrons. The van der Waals surface area contributed by atoms with E-state index in [4.69, 9.17) is 33.2 Å². The first-order valence-corrected chi connectivity index (χ1v) is 19.2. The lowest BCUT2D eigenvalue weighted by Crippen LogP contribution is -2.63. The highest BCUT2D eigenvalue weighted by atomic mass is 16.7. The second kappa shape index (κ2) is 26.6. The number of ether oxygens (including phenoxy) is 7. The second-order valence-electron chi connectivity index (χ2n) is 13.5. The Labute approximate surface area is 305 Å². The first-order valence-electron chi connectivity index (χ1n) is 19.2. The Kier molecular flexibility index (Phi) is 22.9. The molecule has 1 aliphatic rings. The number of carbonyl (C=O) groups excluding carboxylic acids is 4. The topological polar surface area (TPSA) is 133 Å². The van der Waals surface area contributed by atoms with Crippen molar-refractivity contribution in [3.05, 3.63) is 29.8 Å². The van der Waals surface area contributed by atoms with Gasteiger partial charge >= 0.3 is 23.9 Å². The maximum Gasteiger partial charge on any atom is 0.303 e. The molecular formula is C40H64O11. The van der Waals surface area contributed by atoms with E-state index in [1.165, 1.54) is 117 Å². The summed E-state index contributed by atoms with van der Waals surface area (Å²) in [6.07, 6.45) is 15.1. The highest BCUT2D eigenvalue weighted by Crippen LogP contribution is 2.30. The molecule has 0 bridgehead atoms. The fourth-order valence-electron chi connectivity index (χ4n) is 6.19. The van der Waals surface area contributed by atoms with Gasteiger partial charge in [0.2, 0.25) is 0 Å². The number of hydrogen-bond donors (Lipinski definition) is 0. The van der Waals surface area contributed by atoms with Gasteiger partial charge in [0.15, 0.2) is 24.6 Å². The van der Waals surface area contributed by atoms with Crippen molar-refractivity contribution < 1.29 is 52.3 Å². The van der Waals surface area contributed by atoms with E-state index in [-0.39, 0.29) is 13.2 Å². The lowest BCUT2D eigenvalue weighted by Gasteiger charge is -2.44. The van der Waals surface area contributed by atoms with Gasteiger partial charge in [-0.3, -0.25) is 19.2 Å². The molecule has 51 heavy (non-hydrogen) atoms. The van der Waals surface area contributed by atoms with Gasteiger partial charge in [-0.25, -0.2) is 0 Å². The SMILES string of the molecule is CCCCCCCCCCCCCCCCOc1ccc(CCCCOC2OC(COC(C)=O)C(OC(C)=O)C(OC(C)=O)C2OC(C)=O)cc1. The van der Waals surface area contributed by atoms with Crippen molar-refractivity contribution >= 4 is 23.9 Å². The Balaban J connectivity index is 1.70. The van der Waals surface area contributed by atoms with Crippen molar-refractivity contribution in [3.8, 4) is 5.75 Å². The molecule has 0 aromatic heterocycles. The average molecular weight is 721 g/mol. The Bertz CT molecular complexity index is 1120. The quantitative estimate of drug-likeness (QED) is 0.0498. The molecule has 1 heterocycles. The molecule has 1 aliphatic heterocycles. The smallest absolute Gasteiger partial charge is 0.303 e. The summed E-state index contributed by atoms with van der Waals surface area (Å²) in [6.45, 7) is 7.74. The minimum Gasteiger partial charge on any atom is -0.494 e. The van der Waals surface area contributed by atoms with Gasteiger partial charge in [-0.15, -0.1) is 0 Å². The zero-order valence-electron chi connectivity index (χ0n) is 31.8. The van der Waals surface area contributed by atoms with Crippen molar-refractivity contribution in [2.24, 2.45) is 0 Å². The monoisotopic (exact) mass is 720 g/mol. The molecule has 0 saturated carbocycles. The molecule has 0 radical (unpaired) electrons. The number of carbonyl (C=O) groups is 4. The molecule has 1 fully saturated rings. The van der Waals surface area contributed by atoms with E-state index in [0.717, 1.165) is 31.6 Å². The standard InChI is InChI=1S/C40H64O11/c1-6-7-8-9-10-11-12-13-14-15-16-17-18-20-27-45-35-25-23-34(24-26-35)22-19-21-28-46-40-39(50-33(5)44)38(49-32(4)43)37(48-31(3)42)36(51-40)29-47-30(2)41/h23-26,36-40H,6-22,27-29H2,1-5H3. The first kappa shape index (κ1) is 44.0. The molecule has 5 unspecified atom stereocenters. The van der Waals surface area contributed by atoms with Crippen LogP contribution in [-0.2, 0) is 54.0 Å². The Hall–Kier alpha value is -3.18. The highest BCUT2D eigenvalue weighted by molar-refractivity contribution is 5.68. The van der Waals surface area contributed by atoms with Gasteiger partial charge in [0.05, 0.1) is 6.61 Å². The van der Waals surface area contributed by atoms with Crippen LogP contribution in [0.2, 0.25) is 0 Å². The van der Waals surface area contributed by atoms with E-state index < -0.39 is 54.6 Å². The van der Waals surface area contributed by atoms with Crippen LogP contribution in [0.15, 0.2) is 24.3 Å². The molecule has 0 amide bonds. The predicted octanol–water partition coefficient (Wildman–Crippen LogP) is 7.97. The van der Waals surface area contributed by atoms with Crippen molar-refractivity contribution in [1.29, 1.82) is 0 Å². The normalized spacial score (nSPS) is 20.0. The molecule has 0 spiro atoms. The van der Waals surface area contributed by atoms with Crippen LogP contribution in [0.5, 0.6) is 5.75 Å². The third kappa shape index (κ3) is 19.9. The van der Waals surface area contributed by atoms with Crippen LogP contribution < -0.4 is 4.74 Å². The van der Waals surface area contributed by atoms with Crippen LogP contribution in [-0.4, -0.2) is 74.4 Å². The molecular weight excluding hydrogens is 656 g/mol. The molecule has 5 atom stereocenters. The van der Waals surface area contributed by atoms with E-state index in [2.05, 4.69) is 19.1 Å². The van der Waals surface area contributed by atoms with Crippen LogP contribution >= 0.6 is 0 Å². The zero-order chi connectivity index (χ0) is 37.3. The van der Waals surface area contributed by atoms with Crippen LogP contribution in [0.4, 0.5) is 0 Å². The number of benzene rings is 1. The number of unbranched alkanes of at least 4 members (excludes halogenated alkanes) is 14. The lowest BCUT2D eigenvalue weighted by molar-refractivity contribution is -0.308. The largest absolute Gasteiger partial charge is 0.494 e. The Morgan fingerprint density at radius 2 is 1.06 bits per heavy atom. The molecule has 0 N–H and O–H groups in total. The summed E-state index contributed by atoms with van der Waals surface area (Å²) in [5.41, 5.74) is 1.17. The zero-order valence-corrected chi connectivity index (χ0v) is 31.8. The molecule has 2 rings (SSSR count). The Morgan fingerprint density at radius 3 is 1.59 bits per heavy atom. The van der Waals surface area contributed by atoms with E-state index in [9.17, 15) is 19.2 Å². The van der Waals surface area contributed by atoms with Crippen LogP contribution in [0.3, 0.4) is 0 Å². The van der Waals surface area contributed by atoms with Gasteiger partial charge in [0, 0.05) is 34.3 Å². The van der Waals surface area contributed by atoms with Gasteiger partial charge < -0.3 is 33.2 Å². The number of rotatable bonds is 27. The molecule has 0 aliphatic carbocycles. The van der Waals surface area contributed by atoms with Crippen molar-refractivity contribution in [3.63, 3.8) is 0 Å². The molecule has 11 nitrogen and oxygen atoms in total. The molecule has 1 saturated heterocycles. The molecule has 1 aromatic carbocycles. The van der Waals surface area contributed by atoms with Gasteiger partial charge in [-0.05, 0) is 43.4 Å². The molecule has 11 heteroatoms. The van der Waals surface area contributed by atoms with Crippen molar-refractivity contribution in [1.82, 2.24) is 0 Å². The maximum atomic E-state index is 12.0. The van der Waals surface area contributed by atoms with Crippen LogP contribution in [0.1, 0.15) is 143 Å². The van der Waals surface area contributed by atoms with Gasteiger partial charge in [0.25, 0.3) is 0 Å². The predicted molar refractivity (Wildman–Crippen MR) is 193 cm³/mol. The van der Waals surface area contributed by atoms with Crippen LogP contribution in [0, 0.1) is 0 Å². The highest BCUT2D eigenvalue weighted by Gasteiger charge is 2.52. The summed E-state index contributed by atoms with van der Waals surface area (Å²) in [6, 6.07) is 8.15. The first-order chi connectivity index (χ1) is 24.6. The van der Waals surface area contributed by atoms with Crippen LogP contribution in [0.25, 0.3) is 0 Å². The lowest BCUT2D eigenvalue weighted by atomic mass is 9.98. The summed E-state index contributed by atoms with van der Waals surface area (Å²) in [7, 11) is 0. The van der Waals surface area contributed by atoms with Gasteiger partial charge in [-0.1, -0.05) is 103 Å². The number of aryl methyl sites for hydroxylation is 1. The number of hydrogen-bond acceptors (Lipinski definition) is 11. The summed E-state index contributed by atoms with van der Waals surface area (Å²) < 4.78 is 39.3. The summed E-state index contributed by atoms with van der Waals surface area (Å²) in [5.74, 6) is -1.73. The average Bonchev–Trinajstić information content (AvgIpc) is 3.08. The van der Waals surface area contributed by atoms with E-state index in [1.54, 1.807) is 0 Å². The minimum atomic E-state index is -1.25. The van der Waals surface area contributed by atoms with Gasteiger partial charge in [-0.2, -0.15) is 0 Å².